The van der Waals surface area contributed by atoms with Gasteiger partial charge in [0.05, 0.1) is 32.2 Å². The second-order valence-electron chi connectivity index (χ2n) is 5.78. The molecule has 0 radical (unpaired) electrons. The van der Waals surface area contributed by atoms with Crippen LogP contribution in [0.15, 0.2) is 53.6 Å². The molecule has 2 aromatic carbocycles. The van der Waals surface area contributed by atoms with E-state index in [9.17, 15) is 8.42 Å². The highest BCUT2D eigenvalue weighted by Gasteiger charge is 2.36. The van der Waals surface area contributed by atoms with Gasteiger partial charge < -0.3 is 9.47 Å². The molecule has 0 aliphatic carbocycles. The minimum absolute atomic E-state index is 0.438. The first kappa shape index (κ1) is 17.3. The first-order chi connectivity index (χ1) is 11.9. The van der Waals surface area contributed by atoms with Crippen molar-refractivity contribution in [1.82, 2.24) is 4.41 Å². The lowest BCUT2D eigenvalue weighted by molar-refractivity contribution is 0.352. The number of ether oxygens (including phenoxy) is 2. The van der Waals surface area contributed by atoms with Crippen LogP contribution in [0.1, 0.15) is 23.6 Å². The van der Waals surface area contributed by atoms with Crippen molar-refractivity contribution in [2.45, 2.75) is 12.5 Å². The first-order valence-electron chi connectivity index (χ1n) is 7.78. The van der Waals surface area contributed by atoms with Crippen LogP contribution < -0.4 is 9.47 Å². The topological polar surface area (TPSA) is 68.2 Å². The van der Waals surface area contributed by atoms with Gasteiger partial charge in [-0.15, -0.1) is 0 Å². The molecule has 0 bridgehead atoms. The molecule has 0 N–H and O–H groups in total. The van der Waals surface area contributed by atoms with Gasteiger partial charge >= 0.3 is 0 Å². The lowest BCUT2D eigenvalue weighted by atomic mass is 9.98. The Morgan fingerprint density at radius 3 is 2.52 bits per heavy atom. The smallest absolute Gasteiger partial charge is 0.247 e. The van der Waals surface area contributed by atoms with Crippen LogP contribution in [0.3, 0.4) is 0 Å². The highest BCUT2D eigenvalue weighted by Crippen LogP contribution is 2.38. The Morgan fingerprint density at radius 1 is 1.08 bits per heavy atom. The van der Waals surface area contributed by atoms with E-state index in [1.54, 1.807) is 14.2 Å². The van der Waals surface area contributed by atoms with Gasteiger partial charge in [-0.1, -0.05) is 30.3 Å². The van der Waals surface area contributed by atoms with Crippen LogP contribution in [0.2, 0.25) is 0 Å². The highest BCUT2D eigenvalue weighted by molar-refractivity contribution is 7.88. The Labute approximate surface area is 147 Å². The van der Waals surface area contributed by atoms with Gasteiger partial charge in [-0.05, 0) is 18.2 Å². The molecule has 0 amide bonds. The van der Waals surface area contributed by atoms with Gasteiger partial charge in [-0.3, -0.25) is 0 Å². The van der Waals surface area contributed by atoms with E-state index < -0.39 is 16.1 Å². The summed E-state index contributed by atoms with van der Waals surface area (Å²) in [6, 6.07) is 14.4. The summed E-state index contributed by atoms with van der Waals surface area (Å²) < 4.78 is 36.4. The number of hydrogen-bond acceptors (Lipinski definition) is 5. The van der Waals surface area contributed by atoms with E-state index in [0.29, 0.717) is 23.6 Å². The third kappa shape index (κ3) is 3.46. The van der Waals surface area contributed by atoms with Gasteiger partial charge in [0.15, 0.2) is 0 Å². The molecule has 2 aromatic rings. The highest BCUT2D eigenvalue weighted by atomic mass is 32.2. The van der Waals surface area contributed by atoms with E-state index in [-0.39, 0.29) is 0 Å². The van der Waals surface area contributed by atoms with E-state index in [2.05, 4.69) is 5.10 Å². The van der Waals surface area contributed by atoms with Crippen molar-refractivity contribution in [2.24, 2.45) is 5.10 Å². The monoisotopic (exact) mass is 360 g/mol. The number of nitrogens with zero attached hydrogens (tertiary/aromatic N) is 2. The Hall–Kier alpha value is -2.54. The number of methoxy groups -OCH3 is 2. The molecule has 0 saturated carbocycles. The second kappa shape index (κ2) is 6.76. The zero-order valence-corrected chi connectivity index (χ0v) is 15.2. The average Bonchev–Trinajstić information content (AvgIpc) is 3.07. The van der Waals surface area contributed by atoms with Gasteiger partial charge in [0, 0.05) is 17.5 Å². The van der Waals surface area contributed by atoms with E-state index in [4.69, 9.17) is 9.47 Å². The van der Waals surface area contributed by atoms with Gasteiger partial charge in [0.2, 0.25) is 10.0 Å². The van der Waals surface area contributed by atoms with Crippen LogP contribution in [-0.2, 0) is 10.0 Å². The quantitative estimate of drug-likeness (QED) is 0.822. The maximum absolute atomic E-state index is 12.3. The lowest BCUT2D eigenvalue weighted by Crippen LogP contribution is -2.26. The van der Waals surface area contributed by atoms with Gasteiger partial charge in [0.25, 0.3) is 0 Å². The molecule has 7 heteroatoms. The predicted molar refractivity (Wildman–Crippen MR) is 96.6 cm³/mol. The number of rotatable bonds is 5. The van der Waals surface area contributed by atoms with Crippen molar-refractivity contribution in [1.29, 1.82) is 0 Å². The molecule has 1 heterocycles. The summed E-state index contributed by atoms with van der Waals surface area (Å²) in [6.45, 7) is 0. The zero-order valence-electron chi connectivity index (χ0n) is 14.3. The summed E-state index contributed by atoms with van der Waals surface area (Å²) in [5.74, 6) is 1.34. The Kier molecular flexibility index (Phi) is 4.67. The first-order valence-corrected chi connectivity index (χ1v) is 9.63. The van der Waals surface area contributed by atoms with Gasteiger partial charge in [0.1, 0.15) is 11.5 Å². The SMILES string of the molecule is COc1cccc(C2=NN(S(C)(=O)=O)[C@@H](c3ccccc3OC)C2)c1. The van der Waals surface area contributed by atoms with Crippen LogP contribution in [-0.4, -0.2) is 39.0 Å². The maximum Gasteiger partial charge on any atom is 0.247 e. The number of hydrogen-bond donors (Lipinski definition) is 0. The zero-order chi connectivity index (χ0) is 18.0. The number of para-hydroxylation sites is 1. The molecule has 132 valence electrons. The molecule has 6 nitrogen and oxygen atoms in total. The summed E-state index contributed by atoms with van der Waals surface area (Å²) in [4.78, 5) is 0. The molecule has 0 unspecified atom stereocenters. The summed E-state index contributed by atoms with van der Waals surface area (Å²) >= 11 is 0. The lowest BCUT2D eigenvalue weighted by Gasteiger charge is -2.23. The standard InChI is InChI=1S/C18H20N2O4S/c1-23-14-8-6-7-13(11-14)16-12-17(20(19-16)25(3,21)22)15-9-4-5-10-18(15)24-2/h4-11,17H,12H2,1-3H3/t17-/m1/s1. The fourth-order valence-electron chi connectivity index (χ4n) is 2.94. The number of benzene rings is 2. The molecular formula is C18H20N2O4S. The van der Waals surface area contributed by atoms with E-state index in [0.717, 1.165) is 17.4 Å². The minimum Gasteiger partial charge on any atom is -0.497 e. The third-order valence-electron chi connectivity index (χ3n) is 4.11. The summed E-state index contributed by atoms with van der Waals surface area (Å²) in [6.07, 6.45) is 1.62. The van der Waals surface area contributed by atoms with Crippen molar-refractivity contribution in [3.63, 3.8) is 0 Å². The van der Waals surface area contributed by atoms with E-state index in [1.165, 1.54) is 4.41 Å². The van der Waals surface area contributed by atoms with E-state index >= 15 is 0 Å². The number of hydrazone groups is 1. The molecule has 25 heavy (non-hydrogen) atoms. The average molecular weight is 360 g/mol. The minimum atomic E-state index is -3.52. The molecule has 1 atom stereocenters. The van der Waals surface area contributed by atoms with Crippen molar-refractivity contribution >= 4 is 15.7 Å². The molecule has 0 fully saturated rings. The van der Waals surface area contributed by atoms with Crippen LogP contribution in [0.25, 0.3) is 0 Å². The predicted octanol–water partition coefficient (Wildman–Crippen LogP) is 2.81. The van der Waals surface area contributed by atoms with Gasteiger partial charge in [-0.2, -0.15) is 9.52 Å². The fourth-order valence-corrected chi connectivity index (χ4v) is 3.84. The van der Waals surface area contributed by atoms with Crippen molar-refractivity contribution in [3.05, 3.63) is 59.7 Å². The summed E-state index contributed by atoms with van der Waals surface area (Å²) in [7, 11) is -0.357. The van der Waals surface area contributed by atoms with Crippen molar-refractivity contribution in [3.8, 4) is 11.5 Å². The third-order valence-corrected chi connectivity index (χ3v) is 5.13. The Balaban J connectivity index is 2.04. The molecule has 1 aliphatic heterocycles. The number of sulfonamides is 1. The summed E-state index contributed by atoms with van der Waals surface area (Å²) in [5.41, 5.74) is 2.32. The van der Waals surface area contributed by atoms with Crippen LogP contribution >= 0.6 is 0 Å². The fraction of sp³-hybridized carbons (Fsp3) is 0.278. The van der Waals surface area contributed by atoms with Crippen LogP contribution in [0, 0.1) is 0 Å². The van der Waals surface area contributed by atoms with Crippen molar-refractivity contribution < 1.29 is 17.9 Å². The maximum atomic E-state index is 12.3. The molecule has 3 rings (SSSR count). The van der Waals surface area contributed by atoms with Gasteiger partial charge in [-0.25, -0.2) is 8.42 Å². The molecule has 1 aliphatic rings. The van der Waals surface area contributed by atoms with Crippen molar-refractivity contribution in [2.75, 3.05) is 20.5 Å². The Morgan fingerprint density at radius 2 is 1.84 bits per heavy atom. The molecular weight excluding hydrogens is 340 g/mol. The largest absolute Gasteiger partial charge is 0.497 e. The Bertz CT molecular complexity index is 909. The second-order valence-corrected chi connectivity index (χ2v) is 7.62. The molecule has 0 spiro atoms. The van der Waals surface area contributed by atoms with E-state index in [1.807, 2.05) is 48.5 Å². The molecule has 0 saturated heterocycles. The normalized spacial score (nSPS) is 17.3. The summed E-state index contributed by atoms with van der Waals surface area (Å²) in [5, 5.41) is 4.39. The van der Waals surface area contributed by atoms with Crippen LogP contribution in [0.5, 0.6) is 11.5 Å². The van der Waals surface area contributed by atoms with Crippen LogP contribution in [0.4, 0.5) is 0 Å². The molecule has 0 aromatic heterocycles.